The second-order valence-corrected chi connectivity index (χ2v) is 34.1. The van der Waals surface area contributed by atoms with Crippen LogP contribution in [0.15, 0.2) is 270 Å². The Balaban J connectivity index is 0.000000149. The summed E-state index contributed by atoms with van der Waals surface area (Å²) >= 11 is 0. The van der Waals surface area contributed by atoms with Gasteiger partial charge in [-0.3, -0.25) is 4.99 Å². The van der Waals surface area contributed by atoms with E-state index in [4.69, 9.17) is 38.3 Å². The number of aromatic carboxylic acids is 2. The van der Waals surface area contributed by atoms with Gasteiger partial charge in [-0.1, -0.05) is 72.8 Å². The molecule has 0 fully saturated rings. The predicted molar refractivity (Wildman–Crippen MR) is 560 cm³/mol. The van der Waals surface area contributed by atoms with Crippen LogP contribution in [0.5, 0.6) is 28.7 Å². The number of fused-ring (bicyclic) bond motifs is 13. The first-order chi connectivity index (χ1) is 67.1. The molecule has 2 unspecified atom stereocenters. The molecule has 0 amide bonds. The molecule has 10 aromatic carbocycles. The molecule has 0 bridgehead atoms. The lowest BCUT2D eigenvalue weighted by molar-refractivity contribution is -0.0228. The van der Waals surface area contributed by atoms with Crippen molar-refractivity contribution >= 4 is 120 Å². The first-order valence-electron chi connectivity index (χ1n) is 46.6. The summed E-state index contributed by atoms with van der Waals surface area (Å²) < 4.78 is 39.5. The van der Waals surface area contributed by atoms with Gasteiger partial charge in [0.2, 0.25) is 11.1 Å². The van der Waals surface area contributed by atoms with Crippen molar-refractivity contribution in [2.75, 3.05) is 86.4 Å². The lowest BCUT2D eigenvalue weighted by Gasteiger charge is -2.36. The highest BCUT2D eigenvalue weighted by Crippen LogP contribution is 2.56. The van der Waals surface area contributed by atoms with Crippen LogP contribution < -0.4 is 64.3 Å². The van der Waals surface area contributed by atoms with Crippen LogP contribution >= 0.6 is 24.8 Å². The molecule has 29 heteroatoms. The molecule has 0 saturated heterocycles. The van der Waals surface area contributed by atoms with Gasteiger partial charge in [-0.05, 0) is 236 Å². The Hall–Kier alpha value is -15.6. The van der Waals surface area contributed by atoms with E-state index in [-0.39, 0.29) is 102 Å². The van der Waals surface area contributed by atoms with E-state index in [9.17, 15) is 54.9 Å². The molecule has 12 aromatic rings. The number of aromatic nitrogens is 2. The molecular formula is C113H112Cl3N9O17. The fourth-order valence-corrected chi connectivity index (χ4v) is 18.9. The van der Waals surface area contributed by atoms with E-state index in [0.29, 0.717) is 85.9 Å². The van der Waals surface area contributed by atoms with Crippen molar-refractivity contribution in [1.82, 2.24) is 14.1 Å². The van der Waals surface area contributed by atoms with Crippen molar-refractivity contribution in [1.29, 1.82) is 5.41 Å². The number of aryl methyl sites for hydroxylation is 3. The van der Waals surface area contributed by atoms with Gasteiger partial charge in [0.1, 0.15) is 76.3 Å². The van der Waals surface area contributed by atoms with Gasteiger partial charge in [0, 0.05) is 184 Å². The topological polar surface area (TPSA) is 382 Å². The van der Waals surface area contributed by atoms with Gasteiger partial charge >= 0.3 is 23.5 Å². The molecule has 732 valence electrons. The maximum Gasteiger partial charge on any atom is 0.347 e. The lowest BCUT2D eigenvalue weighted by Crippen LogP contribution is -3.00. The number of aliphatic hydroxyl groups is 1. The van der Waals surface area contributed by atoms with Crippen molar-refractivity contribution in [3.63, 3.8) is 0 Å². The minimum atomic E-state index is -1.22. The molecule has 142 heavy (non-hydrogen) atoms. The number of para-hydroxylation sites is 2. The highest BCUT2D eigenvalue weighted by atomic mass is 35.5. The minimum Gasteiger partial charge on any atom is -1.00 e. The van der Waals surface area contributed by atoms with Gasteiger partial charge in [-0.25, -0.2) is 28.7 Å². The third-order valence-corrected chi connectivity index (χ3v) is 25.7. The van der Waals surface area contributed by atoms with E-state index in [1.165, 1.54) is 18.2 Å². The second kappa shape index (κ2) is 44.3. The number of ether oxygens (including phenoxy) is 2. The number of anilines is 4. The molecular weight excluding hydrogens is 1860 g/mol. The third-order valence-electron chi connectivity index (χ3n) is 25.7. The maximum absolute atomic E-state index is 12.9. The molecule has 6 heterocycles. The summed E-state index contributed by atoms with van der Waals surface area (Å²) in [6, 6.07) is 74.2. The predicted octanol–water partition coefficient (Wildman–Crippen LogP) is 19.2. The van der Waals surface area contributed by atoms with Crippen molar-refractivity contribution < 1.29 is 89.7 Å². The zero-order valence-corrected chi connectivity index (χ0v) is 83.0. The highest BCUT2D eigenvalue weighted by Gasteiger charge is 2.51. The smallest absolute Gasteiger partial charge is 0.347 e. The molecule has 0 spiro atoms. The molecule has 20 rings (SSSR count). The standard InChI is InChI=1S/2C28H30N2O3.C21H21N3O2.C20H14N2O3.C16H14O6.3ClH/c1-6-29-23-15-25-21(13-17(23)4)27(19-11-9-10-12-20(19)28(31)32-8-3)22-14-18(5)24(30-7-2)16-26(22)33-25;1-5-29(6-2)19-13-15-23-25(17-19)33-26-18-20(30(7-3)8-4)14-16-24(26)27(23)21-11-9-10-12-22(21)28(31)32;1-4-24(5-2)15-11-10-14-12-16(21(25)26-19(14)13-15)20-22-17-8-6-7-9-18(17)23(20)3;21-11-5-7-15-17(9-11)25-18-10-12(22)6-8-16(18)19(15)13-3-1-2-4-14(13)20(23)24;17-10-2-1-8-13-9-4-12(19)11(18)3-7(9)5-16(13,21)6-22-15(8)14(10)20;;;/h9-16,29H,6-8H2,1-5H3;9-18H,5-8H2,1-4H3;6-13H,4-5H2,1-3H3;1-10,21H,22H2,(H,23,24);1-4,13,17-21H,5-6H2;3*1H. The lowest BCUT2D eigenvalue weighted by atomic mass is 9.80. The van der Waals surface area contributed by atoms with Crippen LogP contribution in [0.4, 0.5) is 22.7 Å². The first kappa shape index (κ1) is 104. The molecule has 26 nitrogen and oxygen atoms in total. The summed E-state index contributed by atoms with van der Waals surface area (Å²) in [5.41, 5.74) is 25.5. The number of rotatable bonds is 19. The number of carboxylic acid groups (broad SMARTS) is 2. The number of nitrogens with two attached hydrogens (primary N) is 1. The maximum atomic E-state index is 12.9. The van der Waals surface area contributed by atoms with Gasteiger partial charge in [0.25, 0.3) is 0 Å². The Labute approximate surface area is 838 Å². The zero-order valence-electron chi connectivity index (χ0n) is 80.6. The van der Waals surface area contributed by atoms with E-state index < -0.39 is 23.5 Å². The summed E-state index contributed by atoms with van der Waals surface area (Å²) in [5, 5.41) is 86.4. The summed E-state index contributed by atoms with van der Waals surface area (Å²) in [6.45, 7) is 30.0. The number of nitrogens with one attached hydrogen (secondary N) is 2. The number of hydrogen-bond donors (Lipinski definition) is 10. The van der Waals surface area contributed by atoms with Crippen LogP contribution in [0.3, 0.4) is 0 Å². The minimum absolute atomic E-state index is 0. The number of nitrogens with zero attached hydrogens (tertiary/aromatic N) is 6. The normalized spacial score (nSPS) is 13.2. The van der Waals surface area contributed by atoms with E-state index in [1.807, 2.05) is 123 Å². The second-order valence-electron chi connectivity index (χ2n) is 34.1. The van der Waals surface area contributed by atoms with E-state index in [2.05, 4.69) is 147 Å². The van der Waals surface area contributed by atoms with Crippen LogP contribution in [-0.2, 0) is 18.2 Å². The fourth-order valence-electron chi connectivity index (χ4n) is 18.9. The van der Waals surface area contributed by atoms with Crippen molar-refractivity contribution in [3.8, 4) is 107 Å². The SMILES string of the molecule is CCN(CC)c1ccc2c(-c3ccccc3C(=O)O)c3ccc(=[N+](CC)CC)cc-3oc2c1.CCN(CC)c1ccc2cc(-c3nc4ccccc4n3C)c(=O)oc2c1.CCN=c1cc2oc3cc(NCC)c(C)cc3c(-c3ccccc3C(=O)OCC)c-2cc1C.Cl.Cl.N=c1ccc2c(-c3ccccc3C(=O)O)c3ccc(N)cc3oc-2c1.Oc1cc2c(cc1O)C1c3ccc(O)c(O)c3OCC1(O)C2.[Cl-]. The average Bonchev–Trinajstić information content (AvgIpc) is 1.64. The van der Waals surface area contributed by atoms with E-state index >= 15 is 0 Å². The highest BCUT2D eigenvalue weighted by molar-refractivity contribution is 6.11. The van der Waals surface area contributed by atoms with Gasteiger partial charge in [-0.15, -0.1) is 24.8 Å². The molecule has 2 atom stereocenters. The molecule has 4 aliphatic carbocycles. The van der Waals surface area contributed by atoms with Gasteiger partial charge < -0.3 is 106 Å². The van der Waals surface area contributed by atoms with Gasteiger partial charge in [-0.2, -0.15) is 0 Å². The number of aromatic hydroxyl groups is 4. The quantitative estimate of drug-likeness (QED) is 0.00897. The number of phenols is 4. The van der Waals surface area contributed by atoms with Gasteiger partial charge in [0.15, 0.2) is 23.0 Å². The summed E-state index contributed by atoms with van der Waals surface area (Å²) in [4.78, 5) is 63.0. The fraction of sp³-hybridized carbons (Fsp3) is 0.221. The molecule has 8 aliphatic rings. The number of carbonyl (C=O) groups is 3. The van der Waals surface area contributed by atoms with E-state index in [0.717, 1.165) is 179 Å². The molecule has 2 aromatic heterocycles. The van der Waals surface area contributed by atoms with Crippen LogP contribution in [0.1, 0.15) is 127 Å². The zero-order chi connectivity index (χ0) is 98.5. The Morgan fingerprint density at radius 3 is 1.70 bits per heavy atom. The molecule has 11 N–H and O–H groups in total. The number of benzene rings is 13. The number of carbonyl (C=O) groups excluding carboxylic acids is 1. The average molecular weight is 1970 g/mol. The Morgan fingerprint density at radius 1 is 0.549 bits per heavy atom. The van der Waals surface area contributed by atoms with Crippen LogP contribution in [0.2, 0.25) is 0 Å². The van der Waals surface area contributed by atoms with Crippen molar-refractivity contribution in [2.24, 2.45) is 12.0 Å². The Kier molecular flexibility index (Phi) is 32.3. The Bertz CT molecular complexity index is 7990. The third kappa shape index (κ3) is 20.4. The van der Waals surface area contributed by atoms with Crippen LogP contribution in [0, 0.1) is 19.3 Å². The number of halogens is 3. The summed E-state index contributed by atoms with van der Waals surface area (Å²) in [5.74, 6) is -1.18. The largest absolute Gasteiger partial charge is 1.00 e. The number of nitrogen functional groups attached to an aromatic ring is 1. The van der Waals surface area contributed by atoms with Gasteiger partial charge in [0.05, 0.1) is 51.1 Å². The first-order valence-corrected chi connectivity index (χ1v) is 46.6. The summed E-state index contributed by atoms with van der Waals surface area (Å²) in [6.07, 6.45) is 0.266. The number of carboxylic acids is 2. The number of imidazole rings is 1. The van der Waals surface area contributed by atoms with E-state index in [1.54, 1.807) is 72.8 Å². The monoisotopic (exact) mass is 1970 g/mol. The Morgan fingerprint density at radius 2 is 1.10 bits per heavy atom. The molecule has 0 saturated carbocycles. The van der Waals surface area contributed by atoms with Crippen molar-refractivity contribution in [2.45, 2.75) is 94.1 Å². The molecule has 4 aliphatic heterocycles. The number of phenolic OH excluding ortho intramolecular Hbond substituents is 4. The van der Waals surface area contributed by atoms with Crippen LogP contribution in [0.25, 0.3) is 134 Å². The molecule has 0 radical (unpaired) electrons. The number of esters is 1. The summed E-state index contributed by atoms with van der Waals surface area (Å²) in [7, 11) is 1.91. The van der Waals surface area contributed by atoms with Crippen molar-refractivity contribution in [3.05, 3.63) is 314 Å². The number of hydrogen-bond acceptors (Lipinski definition) is 22. The van der Waals surface area contributed by atoms with Crippen LogP contribution in [-0.4, -0.2) is 134 Å².